The Balaban J connectivity index is -0.000000320. The van der Waals surface area contributed by atoms with Gasteiger partial charge in [0.05, 0.1) is 0 Å². The third kappa shape index (κ3) is 10.7. The predicted molar refractivity (Wildman–Crippen MR) is 53.6 cm³/mol. The highest BCUT2D eigenvalue weighted by Gasteiger charge is 2.09. The van der Waals surface area contributed by atoms with E-state index in [9.17, 15) is 4.57 Å². The van der Waals surface area contributed by atoms with Crippen molar-refractivity contribution in [2.45, 2.75) is 13.8 Å². The minimum absolute atomic E-state index is 0. The molecule has 0 atom stereocenters. The average Bonchev–Trinajstić information content (AvgIpc) is 1.64. The summed E-state index contributed by atoms with van der Waals surface area (Å²) in [5, 5.41) is 5.29. The van der Waals surface area contributed by atoms with Gasteiger partial charge in [-0.2, -0.15) is 0 Å². The zero-order valence-corrected chi connectivity index (χ0v) is 9.19. The molecular formula is C4H16Cl2N3OP. The van der Waals surface area contributed by atoms with E-state index in [2.05, 4.69) is 10.2 Å². The number of nitrogens with two attached hydrogens (primary N) is 1. The summed E-state index contributed by atoms with van der Waals surface area (Å²) in [6, 6.07) is 0. The molecule has 0 saturated carbocycles. The van der Waals surface area contributed by atoms with Crippen molar-refractivity contribution in [3.63, 3.8) is 0 Å². The van der Waals surface area contributed by atoms with Crippen molar-refractivity contribution >= 4 is 32.4 Å². The molecule has 0 aliphatic heterocycles. The summed E-state index contributed by atoms with van der Waals surface area (Å²) in [7, 11) is -2.69. The average molecular weight is 224 g/mol. The molecule has 0 amide bonds. The molecule has 0 radical (unpaired) electrons. The van der Waals surface area contributed by atoms with Gasteiger partial charge in [0.15, 0.2) is 0 Å². The van der Waals surface area contributed by atoms with E-state index in [1.807, 2.05) is 13.8 Å². The van der Waals surface area contributed by atoms with Gasteiger partial charge in [-0.05, 0) is 0 Å². The van der Waals surface area contributed by atoms with E-state index in [1.54, 1.807) is 0 Å². The van der Waals surface area contributed by atoms with Gasteiger partial charge in [-0.25, -0.2) is 10.2 Å². The molecule has 4 N–H and O–H groups in total. The Kier molecular flexibility index (Phi) is 14.1. The fraction of sp³-hybridized carbons (Fsp3) is 1.00. The smallest absolute Gasteiger partial charge is 0.271 e. The number of halogens is 2. The number of hydrogen-bond acceptors (Lipinski definition) is 1. The molecule has 0 heterocycles. The second-order valence-corrected chi connectivity index (χ2v) is 3.63. The highest BCUT2D eigenvalue weighted by atomic mass is 35.5. The summed E-state index contributed by atoms with van der Waals surface area (Å²) >= 11 is 0. The molecule has 7 heteroatoms. The third-order valence-electron chi connectivity index (χ3n) is 0.786. The van der Waals surface area contributed by atoms with Crippen LogP contribution in [0.25, 0.3) is 0 Å². The molecule has 0 aliphatic rings. The Hall–Kier alpha value is 0.690. The normalized spacial score (nSPS) is 9.73. The SMILES string of the molecule is CCNP(N)(=O)NCC.Cl.Cl. The summed E-state index contributed by atoms with van der Waals surface area (Å²) in [4.78, 5) is 0. The van der Waals surface area contributed by atoms with Crippen LogP contribution in [0, 0.1) is 0 Å². The van der Waals surface area contributed by atoms with Gasteiger partial charge in [-0.15, -0.1) is 24.8 Å². The molecule has 0 bridgehead atoms. The van der Waals surface area contributed by atoms with E-state index in [-0.39, 0.29) is 24.8 Å². The Morgan fingerprint density at radius 2 is 1.45 bits per heavy atom. The predicted octanol–water partition coefficient (Wildman–Crippen LogP) is 1.12. The molecule has 4 nitrogen and oxygen atoms in total. The second-order valence-electron chi connectivity index (χ2n) is 1.68. The van der Waals surface area contributed by atoms with Gasteiger partial charge in [0.1, 0.15) is 0 Å². The first-order valence-electron chi connectivity index (χ1n) is 3.01. The van der Waals surface area contributed by atoms with Crippen molar-refractivity contribution in [1.82, 2.24) is 10.2 Å². The van der Waals surface area contributed by atoms with Gasteiger partial charge in [-0.3, -0.25) is 10.1 Å². The molecule has 0 aromatic heterocycles. The van der Waals surface area contributed by atoms with Crippen molar-refractivity contribution in [3.8, 4) is 0 Å². The molecule has 0 aromatic rings. The molecule has 0 rings (SSSR count). The van der Waals surface area contributed by atoms with Crippen molar-refractivity contribution in [1.29, 1.82) is 0 Å². The largest absolute Gasteiger partial charge is 0.276 e. The minimum atomic E-state index is -2.69. The number of rotatable bonds is 4. The van der Waals surface area contributed by atoms with Crippen LogP contribution in [-0.4, -0.2) is 13.1 Å². The lowest BCUT2D eigenvalue weighted by Crippen LogP contribution is -2.27. The van der Waals surface area contributed by atoms with Gasteiger partial charge in [0, 0.05) is 13.1 Å². The van der Waals surface area contributed by atoms with E-state index in [0.717, 1.165) is 0 Å². The Morgan fingerprint density at radius 3 is 1.64 bits per heavy atom. The zero-order valence-electron chi connectivity index (χ0n) is 6.66. The minimum Gasteiger partial charge on any atom is -0.271 e. The number of nitrogens with one attached hydrogen (secondary N) is 2. The topological polar surface area (TPSA) is 67.1 Å². The first kappa shape index (κ1) is 17.7. The maximum absolute atomic E-state index is 11.0. The highest BCUT2D eigenvalue weighted by molar-refractivity contribution is 7.57. The lowest BCUT2D eigenvalue weighted by molar-refractivity contribution is 0.557. The summed E-state index contributed by atoms with van der Waals surface area (Å²) < 4.78 is 11.0. The van der Waals surface area contributed by atoms with Crippen LogP contribution >= 0.6 is 32.4 Å². The first-order chi connectivity index (χ1) is 4.12. The van der Waals surface area contributed by atoms with Crippen LogP contribution in [0.2, 0.25) is 0 Å². The maximum atomic E-state index is 11.0. The third-order valence-corrected chi connectivity index (χ3v) is 2.36. The van der Waals surface area contributed by atoms with Crippen LogP contribution in [0.1, 0.15) is 13.8 Å². The monoisotopic (exact) mass is 223 g/mol. The van der Waals surface area contributed by atoms with E-state index in [0.29, 0.717) is 13.1 Å². The molecule has 0 unspecified atom stereocenters. The molecule has 11 heavy (non-hydrogen) atoms. The Labute approximate surface area is 80.0 Å². The second kappa shape index (κ2) is 8.78. The first-order valence-corrected chi connectivity index (χ1v) is 4.79. The number of hydrogen-bond donors (Lipinski definition) is 3. The maximum Gasteiger partial charge on any atom is 0.276 e. The van der Waals surface area contributed by atoms with E-state index < -0.39 is 7.59 Å². The molecular weight excluding hydrogens is 208 g/mol. The van der Waals surface area contributed by atoms with Gasteiger partial charge in [-0.1, -0.05) is 13.8 Å². The van der Waals surface area contributed by atoms with Crippen LogP contribution in [0.15, 0.2) is 0 Å². The van der Waals surface area contributed by atoms with Crippen LogP contribution in [0.5, 0.6) is 0 Å². The summed E-state index contributed by atoms with van der Waals surface area (Å²) in [5.41, 5.74) is 5.27. The van der Waals surface area contributed by atoms with E-state index in [4.69, 9.17) is 5.50 Å². The molecule has 0 aromatic carbocycles. The zero-order chi connectivity index (χ0) is 7.33. The van der Waals surface area contributed by atoms with Crippen LogP contribution < -0.4 is 15.7 Å². The fourth-order valence-corrected chi connectivity index (χ4v) is 1.58. The van der Waals surface area contributed by atoms with Crippen LogP contribution in [0.3, 0.4) is 0 Å². The molecule has 0 aliphatic carbocycles. The Morgan fingerprint density at radius 1 is 1.18 bits per heavy atom. The highest BCUT2D eigenvalue weighted by Crippen LogP contribution is 2.22. The van der Waals surface area contributed by atoms with Crippen LogP contribution in [0.4, 0.5) is 0 Å². The fourth-order valence-electron chi connectivity index (χ4n) is 0.526. The molecule has 72 valence electrons. The Bertz CT molecular complexity index is 114. The standard InChI is InChI=1S/C4H14N3OP.2ClH/c1-3-6-9(5,8)7-4-2;;/h3-4H2,1-2H3,(H4,5,6,7,8);2*1H. The lowest BCUT2D eigenvalue weighted by atomic mass is 10.8. The molecule has 0 saturated heterocycles. The summed E-state index contributed by atoms with van der Waals surface area (Å²) in [6.07, 6.45) is 0. The van der Waals surface area contributed by atoms with Crippen molar-refractivity contribution in [3.05, 3.63) is 0 Å². The van der Waals surface area contributed by atoms with Gasteiger partial charge >= 0.3 is 0 Å². The van der Waals surface area contributed by atoms with Crippen LogP contribution in [-0.2, 0) is 4.57 Å². The van der Waals surface area contributed by atoms with Gasteiger partial charge in [0.25, 0.3) is 7.59 Å². The van der Waals surface area contributed by atoms with E-state index in [1.165, 1.54) is 0 Å². The van der Waals surface area contributed by atoms with Gasteiger partial charge in [0.2, 0.25) is 0 Å². The summed E-state index contributed by atoms with van der Waals surface area (Å²) in [5.74, 6) is 0. The molecule has 0 spiro atoms. The lowest BCUT2D eigenvalue weighted by Gasteiger charge is -2.12. The quantitative estimate of drug-likeness (QED) is 0.626. The van der Waals surface area contributed by atoms with Gasteiger partial charge < -0.3 is 0 Å². The van der Waals surface area contributed by atoms with Crippen molar-refractivity contribution < 1.29 is 4.57 Å². The van der Waals surface area contributed by atoms with Crippen molar-refractivity contribution in [2.24, 2.45) is 5.50 Å². The van der Waals surface area contributed by atoms with E-state index >= 15 is 0 Å². The molecule has 0 fully saturated rings. The summed E-state index contributed by atoms with van der Waals surface area (Å²) in [6.45, 7) is 4.97. The van der Waals surface area contributed by atoms with Crippen molar-refractivity contribution in [2.75, 3.05) is 13.1 Å².